The highest BCUT2D eigenvalue weighted by atomic mass is 16.6. The molecule has 0 bridgehead atoms. The Morgan fingerprint density at radius 1 is 1.33 bits per heavy atom. The van der Waals surface area contributed by atoms with Crippen LogP contribution in [0.25, 0.3) is 0 Å². The van der Waals surface area contributed by atoms with Crippen LogP contribution in [0, 0.1) is 6.92 Å². The van der Waals surface area contributed by atoms with E-state index in [1.165, 1.54) is 12.1 Å². The largest absolute Gasteiger partial charge is 0.507 e. The highest BCUT2D eigenvalue weighted by molar-refractivity contribution is 5.98. The number of amides is 1. The Hall–Kier alpha value is -2.37. The van der Waals surface area contributed by atoms with Crippen molar-refractivity contribution in [2.24, 2.45) is 0 Å². The van der Waals surface area contributed by atoms with Crippen LogP contribution in [0.4, 0.5) is 0 Å². The molecule has 114 valence electrons. The van der Waals surface area contributed by atoms with Gasteiger partial charge < -0.3 is 15.2 Å². The van der Waals surface area contributed by atoms with Gasteiger partial charge in [-0.15, -0.1) is 0 Å². The van der Waals surface area contributed by atoms with Crippen LogP contribution in [-0.4, -0.2) is 35.4 Å². The summed E-state index contributed by atoms with van der Waals surface area (Å²) in [6.45, 7) is 6.49. The molecular formula is C15H19NO5. The summed E-state index contributed by atoms with van der Waals surface area (Å²) in [4.78, 5) is 34.2. The Labute approximate surface area is 123 Å². The highest BCUT2D eigenvalue weighted by Gasteiger charge is 2.18. The van der Waals surface area contributed by atoms with Crippen LogP contribution in [0.2, 0.25) is 0 Å². The van der Waals surface area contributed by atoms with Crippen molar-refractivity contribution in [2.45, 2.75) is 33.3 Å². The van der Waals surface area contributed by atoms with Gasteiger partial charge in [-0.2, -0.15) is 0 Å². The van der Waals surface area contributed by atoms with E-state index in [-0.39, 0.29) is 23.4 Å². The second kappa shape index (κ2) is 6.39. The van der Waals surface area contributed by atoms with E-state index in [2.05, 4.69) is 5.32 Å². The number of aldehydes is 1. The summed E-state index contributed by atoms with van der Waals surface area (Å²) in [5.74, 6) is -1.23. The molecule has 0 aromatic heterocycles. The van der Waals surface area contributed by atoms with Crippen molar-refractivity contribution in [3.8, 4) is 5.75 Å². The Kier molecular flexibility index (Phi) is 5.07. The van der Waals surface area contributed by atoms with Crippen LogP contribution in [0.1, 0.15) is 47.1 Å². The van der Waals surface area contributed by atoms with Crippen molar-refractivity contribution in [3.63, 3.8) is 0 Å². The van der Waals surface area contributed by atoms with Gasteiger partial charge in [-0.05, 0) is 45.4 Å². The molecule has 6 heteroatoms. The average molecular weight is 293 g/mol. The predicted molar refractivity (Wildman–Crippen MR) is 76.4 cm³/mol. The predicted octanol–water partition coefficient (Wildman–Crippen LogP) is 1.58. The molecule has 0 fully saturated rings. The lowest BCUT2D eigenvalue weighted by Crippen LogP contribution is -2.34. The number of esters is 1. The van der Waals surface area contributed by atoms with E-state index in [0.29, 0.717) is 11.8 Å². The smallest absolute Gasteiger partial charge is 0.325 e. The van der Waals surface area contributed by atoms with Crippen molar-refractivity contribution in [3.05, 3.63) is 28.8 Å². The summed E-state index contributed by atoms with van der Waals surface area (Å²) in [5, 5.41) is 12.0. The third-order valence-electron chi connectivity index (χ3n) is 2.53. The maximum Gasteiger partial charge on any atom is 0.325 e. The number of aryl methyl sites for hydroxylation is 1. The minimum atomic E-state index is -0.623. The lowest BCUT2D eigenvalue weighted by Gasteiger charge is -2.19. The van der Waals surface area contributed by atoms with Crippen molar-refractivity contribution in [1.82, 2.24) is 5.32 Å². The van der Waals surface area contributed by atoms with Gasteiger partial charge in [0, 0.05) is 5.56 Å². The molecule has 21 heavy (non-hydrogen) atoms. The van der Waals surface area contributed by atoms with E-state index in [1.54, 1.807) is 27.7 Å². The molecule has 1 aromatic carbocycles. The molecule has 0 atom stereocenters. The van der Waals surface area contributed by atoms with Gasteiger partial charge in [0.1, 0.15) is 17.9 Å². The van der Waals surface area contributed by atoms with E-state index >= 15 is 0 Å². The normalized spacial score (nSPS) is 10.9. The van der Waals surface area contributed by atoms with Gasteiger partial charge in [0.25, 0.3) is 5.91 Å². The fraction of sp³-hybridized carbons (Fsp3) is 0.400. The topological polar surface area (TPSA) is 92.7 Å². The number of ether oxygens (including phenoxy) is 1. The Morgan fingerprint density at radius 3 is 2.48 bits per heavy atom. The zero-order valence-electron chi connectivity index (χ0n) is 12.5. The molecule has 0 unspecified atom stereocenters. The molecule has 6 nitrogen and oxygen atoms in total. The lowest BCUT2D eigenvalue weighted by atomic mass is 10.1. The molecule has 0 spiro atoms. The lowest BCUT2D eigenvalue weighted by molar-refractivity contribution is -0.153. The van der Waals surface area contributed by atoms with E-state index in [0.717, 1.165) is 0 Å². The Morgan fingerprint density at radius 2 is 1.95 bits per heavy atom. The van der Waals surface area contributed by atoms with Gasteiger partial charge in [-0.1, -0.05) is 0 Å². The van der Waals surface area contributed by atoms with Gasteiger partial charge in [0.05, 0.1) is 5.56 Å². The molecule has 2 N–H and O–H groups in total. The molecule has 0 radical (unpaired) electrons. The van der Waals surface area contributed by atoms with Crippen LogP contribution < -0.4 is 5.32 Å². The van der Waals surface area contributed by atoms with E-state index in [9.17, 15) is 19.5 Å². The van der Waals surface area contributed by atoms with E-state index in [4.69, 9.17) is 4.74 Å². The number of nitrogens with one attached hydrogen (secondary N) is 1. The van der Waals surface area contributed by atoms with Crippen LogP contribution in [0.3, 0.4) is 0 Å². The molecule has 0 aliphatic rings. The summed E-state index contributed by atoms with van der Waals surface area (Å²) in [7, 11) is 0. The molecule has 0 saturated heterocycles. The van der Waals surface area contributed by atoms with Crippen LogP contribution in [-0.2, 0) is 9.53 Å². The number of aromatic hydroxyl groups is 1. The minimum Gasteiger partial charge on any atom is -0.507 e. The Bertz CT molecular complexity index is 572. The number of hydrogen-bond donors (Lipinski definition) is 2. The molecule has 0 aliphatic heterocycles. The number of carbonyl (C=O) groups excluding carboxylic acids is 3. The maximum absolute atomic E-state index is 11.9. The fourth-order valence-electron chi connectivity index (χ4n) is 1.66. The zero-order chi connectivity index (χ0) is 16.2. The fourth-order valence-corrected chi connectivity index (χ4v) is 1.66. The van der Waals surface area contributed by atoms with Crippen molar-refractivity contribution < 1.29 is 24.2 Å². The van der Waals surface area contributed by atoms with Gasteiger partial charge in [0.15, 0.2) is 6.29 Å². The first-order chi connectivity index (χ1) is 9.64. The number of benzene rings is 1. The molecule has 1 amide bonds. The maximum atomic E-state index is 11.9. The summed E-state index contributed by atoms with van der Waals surface area (Å²) < 4.78 is 5.06. The van der Waals surface area contributed by atoms with E-state index in [1.807, 2.05) is 0 Å². The molecule has 0 heterocycles. The van der Waals surface area contributed by atoms with Gasteiger partial charge in [-0.25, -0.2) is 0 Å². The summed E-state index contributed by atoms with van der Waals surface area (Å²) in [5.41, 5.74) is -0.00265. The number of rotatable bonds is 4. The SMILES string of the molecule is Cc1cc(C(=O)NCC(=O)OC(C)(C)C)cc(C=O)c1O. The minimum absolute atomic E-state index is 0.0254. The first-order valence-electron chi connectivity index (χ1n) is 6.43. The van der Waals surface area contributed by atoms with Crippen LogP contribution in [0.5, 0.6) is 5.75 Å². The second-order valence-corrected chi connectivity index (χ2v) is 5.62. The zero-order valence-corrected chi connectivity index (χ0v) is 12.5. The summed E-state index contributed by atoms with van der Waals surface area (Å²) in [6.07, 6.45) is 0.465. The third kappa shape index (κ3) is 4.91. The standard InChI is InChI=1S/C15H19NO5/c1-9-5-10(6-11(8-17)13(9)19)14(20)16-7-12(18)21-15(2,3)4/h5-6,8,19H,7H2,1-4H3,(H,16,20). The van der Waals surface area contributed by atoms with Crippen LogP contribution >= 0.6 is 0 Å². The number of carbonyl (C=O) groups is 3. The number of hydrogen-bond acceptors (Lipinski definition) is 5. The third-order valence-corrected chi connectivity index (χ3v) is 2.53. The highest BCUT2D eigenvalue weighted by Crippen LogP contribution is 2.22. The van der Waals surface area contributed by atoms with Gasteiger partial charge in [-0.3, -0.25) is 14.4 Å². The Balaban J connectivity index is 2.75. The molecular weight excluding hydrogens is 274 g/mol. The summed E-state index contributed by atoms with van der Waals surface area (Å²) in [6, 6.07) is 2.70. The summed E-state index contributed by atoms with van der Waals surface area (Å²) >= 11 is 0. The molecule has 1 rings (SSSR count). The first-order valence-corrected chi connectivity index (χ1v) is 6.43. The molecule has 0 saturated carbocycles. The van der Waals surface area contributed by atoms with Gasteiger partial charge >= 0.3 is 5.97 Å². The van der Waals surface area contributed by atoms with Crippen molar-refractivity contribution in [2.75, 3.05) is 6.54 Å². The first kappa shape index (κ1) is 16.7. The number of phenols is 1. The van der Waals surface area contributed by atoms with E-state index < -0.39 is 17.5 Å². The van der Waals surface area contributed by atoms with Crippen molar-refractivity contribution >= 4 is 18.2 Å². The molecule has 0 aliphatic carbocycles. The average Bonchev–Trinajstić information content (AvgIpc) is 2.37. The monoisotopic (exact) mass is 293 g/mol. The quantitative estimate of drug-likeness (QED) is 0.649. The second-order valence-electron chi connectivity index (χ2n) is 5.62. The van der Waals surface area contributed by atoms with Crippen molar-refractivity contribution in [1.29, 1.82) is 0 Å². The van der Waals surface area contributed by atoms with Gasteiger partial charge in [0.2, 0.25) is 0 Å². The van der Waals surface area contributed by atoms with Crippen LogP contribution in [0.15, 0.2) is 12.1 Å². The number of phenolic OH excluding ortho intramolecular Hbond substituents is 1. The molecule has 1 aromatic rings.